The van der Waals surface area contributed by atoms with Gasteiger partial charge in [-0.25, -0.2) is 0 Å². The molecular formula is C21H28Br2N4O6. The molecule has 182 valence electrons. The lowest BCUT2D eigenvalue weighted by atomic mass is 10.1. The first-order valence-electron chi connectivity index (χ1n) is 10.2. The topological polar surface area (TPSA) is 143 Å². The van der Waals surface area contributed by atoms with Crippen molar-refractivity contribution in [2.24, 2.45) is 0 Å². The number of hydrogen-bond donors (Lipinski definition) is 4. The zero-order valence-corrected chi connectivity index (χ0v) is 21.5. The second kappa shape index (κ2) is 16.2. The van der Waals surface area contributed by atoms with E-state index in [1.165, 1.54) is 7.11 Å². The molecule has 1 aromatic rings. The minimum absolute atomic E-state index is 0.176. The number of unbranched alkanes of at least 4 members (excludes halogenated alkanes) is 1. The quantitative estimate of drug-likeness (QED) is 0.147. The molecule has 0 aromatic heterocycles. The van der Waals surface area contributed by atoms with E-state index in [1.54, 1.807) is 0 Å². The number of anilines is 1. The smallest absolute Gasteiger partial charge is 0.305 e. The Bertz CT molecular complexity index is 828. The minimum atomic E-state index is -0.539. The third kappa shape index (κ3) is 13.0. The predicted octanol–water partition coefficient (Wildman–Crippen LogP) is 1.50. The zero-order chi connectivity index (χ0) is 24.6. The van der Waals surface area contributed by atoms with Gasteiger partial charge in [-0.2, -0.15) is 0 Å². The van der Waals surface area contributed by atoms with Crippen molar-refractivity contribution in [1.29, 1.82) is 0 Å². The number of esters is 1. The maximum atomic E-state index is 12.1. The van der Waals surface area contributed by atoms with Gasteiger partial charge in [-0.15, -0.1) is 0 Å². The normalized spacial score (nSPS) is 10.2. The van der Waals surface area contributed by atoms with E-state index in [4.69, 9.17) is 0 Å². The van der Waals surface area contributed by atoms with E-state index in [2.05, 4.69) is 57.9 Å². The van der Waals surface area contributed by atoms with Gasteiger partial charge >= 0.3 is 5.97 Å². The van der Waals surface area contributed by atoms with Gasteiger partial charge in [-0.3, -0.25) is 24.0 Å². The van der Waals surface area contributed by atoms with Gasteiger partial charge in [0.05, 0.1) is 26.7 Å². The number of nitrogens with one attached hydrogen (secondary N) is 4. The first kappa shape index (κ1) is 28.6. The van der Waals surface area contributed by atoms with Gasteiger partial charge in [0, 0.05) is 29.2 Å². The Morgan fingerprint density at radius 2 is 1.21 bits per heavy atom. The molecule has 0 saturated carbocycles. The number of amides is 4. The predicted molar refractivity (Wildman–Crippen MR) is 130 cm³/mol. The monoisotopic (exact) mass is 590 g/mol. The Balaban J connectivity index is 2.23. The third-order valence-electron chi connectivity index (χ3n) is 4.25. The molecule has 0 radical (unpaired) electrons. The van der Waals surface area contributed by atoms with Crippen molar-refractivity contribution in [1.82, 2.24) is 16.0 Å². The third-order valence-corrected chi connectivity index (χ3v) is 5.54. The molecular weight excluding hydrogens is 564 g/mol. The average Bonchev–Trinajstić information content (AvgIpc) is 2.82. The Kier molecular flexibility index (Phi) is 14.0. The summed E-state index contributed by atoms with van der Waals surface area (Å²) in [6, 6.07) is 5.65. The highest BCUT2D eigenvalue weighted by Gasteiger charge is 2.10. The van der Waals surface area contributed by atoms with Crippen LogP contribution in [0.2, 0.25) is 0 Å². The summed E-state index contributed by atoms with van der Waals surface area (Å²) in [6.45, 7) is -0.851. The number of carbonyl (C=O) groups excluding carboxylic acids is 5. The van der Waals surface area contributed by atoms with Gasteiger partial charge in [-0.05, 0) is 36.1 Å². The van der Waals surface area contributed by atoms with Gasteiger partial charge < -0.3 is 26.0 Å². The lowest BCUT2D eigenvalue weighted by Gasteiger charge is -2.10. The van der Waals surface area contributed by atoms with Crippen LogP contribution < -0.4 is 21.3 Å². The summed E-state index contributed by atoms with van der Waals surface area (Å²) < 4.78 is 4.51. The van der Waals surface area contributed by atoms with Crippen molar-refractivity contribution in [3.63, 3.8) is 0 Å². The largest absolute Gasteiger partial charge is 0.469 e. The molecule has 0 bridgehead atoms. The highest BCUT2D eigenvalue weighted by atomic mass is 79.9. The van der Waals surface area contributed by atoms with Crippen molar-refractivity contribution in [2.75, 3.05) is 32.1 Å². The standard InChI is InChI=1S/C21H28Br2N4O6/c1-33-21(32)5-3-2-4-17(28)24-11-18(29)25-12-19(30)26-13-20(31)27-16-7-14(9-22)6-15(8-16)10-23/h6-8H,2-5,9-13H2,1H3,(H,24,28)(H,25,29)(H,26,30)(H,27,31). The van der Waals surface area contributed by atoms with Crippen LogP contribution in [0.1, 0.15) is 36.8 Å². The number of hydrogen-bond acceptors (Lipinski definition) is 6. The summed E-state index contributed by atoms with van der Waals surface area (Å²) in [7, 11) is 1.30. The van der Waals surface area contributed by atoms with Gasteiger partial charge in [0.2, 0.25) is 23.6 Å². The average molecular weight is 592 g/mol. The molecule has 0 atom stereocenters. The van der Waals surface area contributed by atoms with Crippen LogP contribution in [-0.2, 0) is 39.4 Å². The lowest BCUT2D eigenvalue weighted by Crippen LogP contribution is -2.43. The van der Waals surface area contributed by atoms with E-state index in [-0.39, 0.29) is 44.4 Å². The summed E-state index contributed by atoms with van der Waals surface area (Å²) in [5, 5.41) is 11.2. The van der Waals surface area contributed by atoms with E-state index in [0.717, 1.165) is 11.1 Å². The molecule has 0 spiro atoms. The molecule has 4 N–H and O–H groups in total. The molecule has 1 rings (SSSR count). The van der Waals surface area contributed by atoms with Crippen molar-refractivity contribution in [3.05, 3.63) is 29.3 Å². The fourth-order valence-electron chi connectivity index (χ4n) is 2.60. The molecule has 1 aromatic carbocycles. The van der Waals surface area contributed by atoms with Crippen LogP contribution in [0, 0.1) is 0 Å². The molecule has 0 saturated heterocycles. The van der Waals surface area contributed by atoms with E-state index in [1.807, 2.05) is 18.2 Å². The second-order valence-corrected chi connectivity index (χ2v) is 8.09. The SMILES string of the molecule is COC(=O)CCCCC(=O)NCC(=O)NCC(=O)NCC(=O)Nc1cc(CBr)cc(CBr)c1. The molecule has 4 amide bonds. The number of methoxy groups -OCH3 is 1. The fourth-order valence-corrected chi connectivity index (χ4v) is 3.25. The lowest BCUT2D eigenvalue weighted by molar-refractivity contribution is -0.140. The summed E-state index contributed by atoms with van der Waals surface area (Å²) >= 11 is 6.76. The molecule has 33 heavy (non-hydrogen) atoms. The molecule has 12 heteroatoms. The van der Waals surface area contributed by atoms with E-state index >= 15 is 0 Å². The van der Waals surface area contributed by atoms with Crippen molar-refractivity contribution in [2.45, 2.75) is 36.3 Å². The molecule has 10 nitrogen and oxygen atoms in total. The van der Waals surface area contributed by atoms with Crippen LogP contribution in [0.3, 0.4) is 0 Å². The van der Waals surface area contributed by atoms with Gasteiger partial charge in [0.1, 0.15) is 0 Å². The van der Waals surface area contributed by atoms with Crippen LogP contribution in [0.4, 0.5) is 5.69 Å². The number of alkyl halides is 2. The number of halogens is 2. The van der Waals surface area contributed by atoms with Crippen molar-refractivity contribution < 1.29 is 28.7 Å². The Hall–Kier alpha value is -2.47. The van der Waals surface area contributed by atoms with E-state index in [9.17, 15) is 24.0 Å². The fraction of sp³-hybridized carbons (Fsp3) is 0.476. The molecule has 0 unspecified atom stereocenters. The Morgan fingerprint density at radius 3 is 1.73 bits per heavy atom. The molecule has 0 aliphatic rings. The first-order valence-corrected chi connectivity index (χ1v) is 12.4. The summed E-state index contributed by atoms with van der Waals surface area (Å²) in [5.41, 5.74) is 2.62. The molecule has 0 aliphatic carbocycles. The molecule has 0 fully saturated rings. The Morgan fingerprint density at radius 1 is 0.727 bits per heavy atom. The number of rotatable bonds is 14. The summed E-state index contributed by atoms with van der Waals surface area (Å²) in [6.07, 6.45) is 1.42. The van der Waals surface area contributed by atoms with Gasteiger partial charge in [0.15, 0.2) is 0 Å². The van der Waals surface area contributed by atoms with Crippen LogP contribution in [-0.4, -0.2) is 56.3 Å². The maximum absolute atomic E-state index is 12.1. The highest BCUT2D eigenvalue weighted by Crippen LogP contribution is 2.19. The molecule has 0 aliphatic heterocycles. The van der Waals surface area contributed by atoms with Crippen LogP contribution >= 0.6 is 31.9 Å². The van der Waals surface area contributed by atoms with E-state index < -0.39 is 17.7 Å². The second-order valence-electron chi connectivity index (χ2n) is 6.97. The van der Waals surface area contributed by atoms with Crippen molar-refractivity contribution in [3.8, 4) is 0 Å². The van der Waals surface area contributed by atoms with Gasteiger partial charge in [0.25, 0.3) is 0 Å². The van der Waals surface area contributed by atoms with Crippen LogP contribution in [0.5, 0.6) is 0 Å². The first-order chi connectivity index (χ1) is 15.8. The van der Waals surface area contributed by atoms with Gasteiger partial charge in [-0.1, -0.05) is 37.9 Å². The van der Waals surface area contributed by atoms with Crippen LogP contribution in [0.25, 0.3) is 0 Å². The summed E-state index contributed by atoms with van der Waals surface area (Å²) in [5.74, 6) is -2.14. The van der Waals surface area contributed by atoms with Crippen LogP contribution in [0.15, 0.2) is 18.2 Å². The van der Waals surface area contributed by atoms with Crippen molar-refractivity contribution >= 4 is 67.1 Å². The highest BCUT2D eigenvalue weighted by molar-refractivity contribution is 9.08. The van der Waals surface area contributed by atoms with E-state index in [0.29, 0.717) is 29.2 Å². The zero-order valence-electron chi connectivity index (χ0n) is 18.3. The Labute approximate surface area is 209 Å². The number of carbonyl (C=O) groups is 5. The summed E-state index contributed by atoms with van der Waals surface area (Å²) in [4.78, 5) is 58.3. The molecule has 0 heterocycles. The maximum Gasteiger partial charge on any atom is 0.305 e. The minimum Gasteiger partial charge on any atom is -0.469 e. The number of ether oxygens (including phenoxy) is 1. The number of benzene rings is 1.